The van der Waals surface area contributed by atoms with Crippen LogP contribution in [-0.2, 0) is 17.8 Å². The van der Waals surface area contributed by atoms with Crippen LogP contribution in [0.15, 0.2) is 35.7 Å². The van der Waals surface area contributed by atoms with Gasteiger partial charge in [0.15, 0.2) is 0 Å². The van der Waals surface area contributed by atoms with Crippen LogP contribution in [0.5, 0.6) is 0 Å². The van der Waals surface area contributed by atoms with Crippen molar-refractivity contribution in [3.05, 3.63) is 51.7 Å². The lowest BCUT2D eigenvalue weighted by atomic mass is 9.98. The Morgan fingerprint density at radius 3 is 3.00 bits per heavy atom. The molecule has 0 unspecified atom stereocenters. The van der Waals surface area contributed by atoms with Crippen LogP contribution >= 0.6 is 11.3 Å². The molecule has 0 fully saturated rings. The van der Waals surface area contributed by atoms with Crippen molar-refractivity contribution in [3.63, 3.8) is 0 Å². The van der Waals surface area contributed by atoms with Gasteiger partial charge in [-0.25, -0.2) is 4.79 Å². The van der Waals surface area contributed by atoms with Gasteiger partial charge in [0, 0.05) is 17.0 Å². The molecule has 1 aromatic heterocycles. The first kappa shape index (κ1) is 15.6. The van der Waals surface area contributed by atoms with Crippen LogP contribution in [0.2, 0.25) is 0 Å². The lowest BCUT2D eigenvalue weighted by Crippen LogP contribution is -2.36. The van der Waals surface area contributed by atoms with Gasteiger partial charge < -0.3 is 16.0 Å². The van der Waals surface area contributed by atoms with Gasteiger partial charge in [-0.1, -0.05) is 18.2 Å². The third-order valence-electron chi connectivity index (χ3n) is 3.88. The molecule has 1 aliphatic rings. The molecule has 6 heteroatoms. The maximum atomic E-state index is 12.0. The number of benzene rings is 1. The Morgan fingerprint density at radius 1 is 1.35 bits per heavy atom. The standard InChI is InChI=1S/C17H19N3O2S/c1-11(19-17(22)18-10-14-3-2-8-23-14)12-4-6-15-13(9-12)5-7-16(21)20-15/h2-4,6,8-9,11H,5,7,10H2,1H3,(H,20,21)(H2,18,19,22)/t11-/m1/s1. The summed E-state index contributed by atoms with van der Waals surface area (Å²) in [4.78, 5) is 24.5. The number of fused-ring (bicyclic) bond motifs is 1. The van der Waals surface area contributed by atoms with Crippen molar-refractivity contribution < 1.29 is 9.59 Å². The zero-order chi connectivity index (χ0) is 16.2. The number of thiophene rings is 1. The van der Waals surface area contributed by atoms with E-state index in [-0.39, 0.29) is 18.0 Å². The van der Waals surface area contributed by atoms with E-state index in [1.54, 1.807) is 11.3 Å². The number of rotatable bonds is 4. The largest absolute Gasteiger partial charge is 0.333 e. The van der Waals surface area contributed by atoms with Gasteiger partial charge in [-0.2, -0.15) is 0 Å². The Kier molecular flexibility index (Phi) is 4.62. The van der Waals surface area contributed by atoms with E-state index in [0.29, 0.717) is 13.0 Å². The molecule has 3 rings (SSSR count). The molecule has 0 radical (unpaired) electrons. The lowest BCUT2D eigenvalue weighted by Gasteiger charge is -2.20. The monoisotopic (exact) mass is 329 g/mol. The second-order valence-corrected chi connectivity index (χ2v) is 6.63. The third-order valence-corrected chi connectivity index (χ3v) is 4.75. The van der Waals surface area contributed by atoms with E-state index < -0.39 is 0 Å². The number of hydrogen-bond donors (Lipinski definition) is 3. The molecule has 0 aliphatic carbocycles. The summed E-state index contributed by atoms with van der Waals surface area (Å²) in [6.07, 6.45) is 1.26. The maximum absolute atomic E-state index is 12.0. The maximum Gasteiger partial charge on any atom is 0.315 e. The molecule has 0 bridgehead atoms. The van der Waals surface area contributed by atoms with Gasteiger partial charge in [0.1, 0.15) is 0 Å². The first-order valence-electron chi connectivity index (χ1n) is 7.61. The summed E-state index contributed by atoms with van der Waals surface area (Å²) in [7, 11) is 0. The summed E-state index contributed by atoms with van der Waals surface area (Å²) in [5.74, 6) is 0.0596. The Labute approximate surface area is 139 Å². The first-order valence-corrected chi connectivity index (χ1v) is 8.49. The molecule has 2 heterocycles. The second kappa shape index (κ2) is 6.83. The summed E-state index contributed by atoms with van der Waals surface area (Å²) in [5, 5.41) is 10.7. The molecule has 0 saturated carbocycles. The van der Waals surface area contributed by atoms with E-state index in [9.17, 15) is 9.59 Å². The average Bonchev–Trinajstić information content (AvgIpc) is 3.05. The Hall–Kier alpha value is -2.34. The molecule has 23 heavy (non-hydrogen) atoms. The molecule has 0 spiro atoms. The quantitative estimate of drug-likeness (QED) is 0.806. The highest BCUT2D eigenvalue weighted by molar-refractivity contribution is 7.09. The van der Waals surface area contributed by atoms with Crippen LogP contribution in [0.3, 0.4) is 0 Å². The Balaban J connectivity index is 1.58. The van der Waals surface area contributed by atoms with Gasteiger partial charge in [0.25, 0.3) is 0 Å². The van der Waals surface area contributed by atoms with Gasteiger partial charge in [0.2, 0.25) is 5.91 Å². The number of carbonyl (C=O) groups is 2. The SMILES string of the molecule is C[C@@H](NC(=O)NCc1cccs1)c1ccc2c(c1)CCC(=O)N2. The van der Waals surface area contributed by atoms with E-state index in [1.807, 2.05) is 36.6 Å². The van der Waals surface area contributed by atoms with Crippen molar-refractivity contribution >= 4 is 29.0 Å². The molecule has 3 amide bonds. The minimum atomic E-state index is -0.183. The number of urea groups is 1. The van der Waals surface area contributed by atoms with Crippen molar-refractivity contribution in [1.82, 2.24) is 10.6 Å². The van der Waals surface area contributed by atoms with Crippen LogP contribution < -0.4 is 16.0 Å². The van der Waals surface area contributed by atoms with Crippen molar-refractivity contribution in [2.24, 2.45) is 0 Å². The highest BCUT2D eigenvalue weighted by Gasteiger charge is 2.17. The number of amides is 3. The van der Waals surface area contributed by atoms with Crippen LogP contribution in [0.4, 0.5) is 10.5 Å². The van der Waals surface area contributed by atoms with Gasteiger partial charge >= 0.3 is 6.03 Å². The van der Waals surface area contributed by atoms with Crippen LogP contribution in [-0.4, -0.2) is 11.9 Å². The number of aryl methyl sites for hydroxylation is 1. The molecule has 5 nitrogen and oxygen atoms in total. The third kappa shape index (κ3) is 3.90. The van der Waals surface area contributed by atoms with Crippen LogP contribution in [0, 0.1) is 0 Å². The molecule has 0 saturated heterocycles. The van der Waals surface area contributed by atoms with E-state index in [0.717, 1.165) is 28.1 Å². The normalized spacial score (nSPS) is 14.6. The Bertz CT molecular complexity index is 713. The van der Waals surface area contributed by atoms with E-state index >= 15 is 0 Å². The summed E-state index contributed by atoms with van der Waals surface area (Å²) < 4.78 is 0. The average molecular weight is 329 g/mol. The molecule has 1 atom stereocenters. The number of carbonyl (C=O) groups excluding carboxylic acids is 2. The molecule has 1 aromatic carbocycles. The first-order chi connectivity index (χ1) is 11.1. The zero-order valence-electron chi connectivity index (χ0n) is 12.9. The fourth-order valence-electron chi connectivity index (χ4n) is 2.58. The second-order valence-electron chi connectivity index (χ2n) is 5.59. The molecular formula is C17H19N3O2S. The van der Waals surface area contributed by atoms with Crippen LogP contribution in [0.1, 0.15) is 35.4 Å². The number of hydrogen-bond acceptors (Lipinski definition) is 3. The van der Waals surface area contributed by atoms with Gasteiger partial charge in [-0.3, -0.25) is 4.79 Å². The van der Waals surface area contributed by atoms with E-state index in [2.05, 4.69) is 22.0 Å². The molecule has 120 valence electrons. The highest BCUT2D eigenvalue weighted by Crippen LogP contribution is 2.26. The molecule has 3 N–H and O–H groups in total. The number of nitrogens with one attached hydrogen (secondary N) is 3. The number of anilines is 1. The summed E-state index contributed by atoms with van der Waals surface area (Å²) in [5.41, 5.74) is 3.03. The molecule has 2 aromatic rings. The van der Waals surface area contributed by atoms with E-state index in [1.165, 1.54) is 0 Å². The van der Waals surface area contributed by atoms with Gasteiger partial charge in [-0.15, -0.1) is 11.3 Å². The van der Waals surface area contributed by atoms with E-state index in [4.69, 9.17) is 0 Å². The highest BCUT2D eigenvalue weighted by atomic mass is 32.1. The van der Waals surface area contributed by atoms with Crippen molar-refractivity contribution in [2.75, 3.05) is 5.32 Å². The zero-order valence-corrected chi connectivity index (χ0v) is 13.7. The summed E-state index contributed by atoms with van der Waals surface area (Å²) in [6.45, 7) is 2.49. The fourth-order valence-corrected chi connectivity index (χ4v) is 3.23. The molecule has 1 aliphatic heterocycles. The van der Waals surface area contributed by atoms with Gasteiger partial charge in [-0.05, 0) is 42.0 Å². The molecular weight excluding hydrogens is 310 g/mol. The fraction of sp³-hybridized carbons (Fsp3) is 0.294. The Morgan fingerprint density at radius 2 is 2.22 bits per heavy atom. The predicted molar refractivity (Wildman–Crippen MR) is 91.5 cm³/mol. The van der Waals surface area contributed by atoms with Crippen LogP contribution in [0.25, 0.3) is 0 Å². The van der Waals surface area contributed by atoms with Crippen molar-refractivity contribution in [1.29, 1.82) is 0 Å². The topological polar surface area (TPSA) is 70.2 Å². The van der Waals surface area contributed by atoms with Crippen molar-refractivity contribution in [2.45, 2.75) is 32.4 Å². The summed E-state index contributed by atoms with van der Waals surface area (Å²) in [6, 6.07) is 9.58. The van der Waals surface area contributed by atoms with Gasteiger partial charge in [0.05, 0.1) is 12.6 Å². The summed E-state index contributed by atoms with van der Waals surface area (Å²) >= 11 is 1.62. The predicted octanol–water partition coefficient (Wildman–Crippen LogP) is 3.19. The minimum Gasteiger partial charge on any atom is -0.333 e. The smallest absolute Gasteiger partial charge is 0.315 e. The van der Waals surface area contributed by atoms with Crippen molar-refractivity contribution in [3.8, 4) is 0 Å². The lowest BCUT2D eigenvalue weighted by molar-refractivity contribution is -0.116. The minimum absolute atomic E-state index is 0.0596.